The van der Waals surface area contributed by atoms with Crippen molar-refractivity contribution in [1.29, 1.82) is 0 Å². The smallest absolute Gasteiger partial charge is 0.244 e. The Morgan fingerprint density at radius 3 is 2.38 bits per heavy atom. The van der Waals surface area contributed by atoms with Crippen molar-refractivity contribution in [2.75, 3.05) is 20.2 Å². The van der Waals surface area contributed by atoms with Crippen LogP contribution in [0.4, 0.5) is 0 Å². The van der Waals surface area contributed by atoms with Gasteiger partial charge in [-0.2, -0.15) is 0 Å². The Morgan fingerprint density at radius 2 is 1.86 bits per heavy atom. The van der Waals surface area contributed by atoms with Gasteiger partial charge in [0.2, 0.25) is 10.0 Å². The molecule has 1 aromatic heterocycles. The molecular weight excluding hydrogens is 292 g/mol. The summed E-state index contributed by atoms with van der Waals surface area (Å²) in [5, 5.41) is 2.97. The van der Waals surface area contributed by atoms with E-state index in [1.807, 2.05) is 20.8 Å². The average molecular weight is 318 g/mol. The van der Waals surface area contributed by atoms with Crippen LogP contribution < -0.4 is 10.0 Å². The molecule has 1 heterocycles. The van der Waals surface area contributed by atoms with Crippen LogP contribution in [0.15, 0.2) is 9.31 Å². The van der Waals surface area contributed by atoms with Gasteiger partial charge in [0.05, 0.1) is 5.60 Å². The van der Waals surface area contributed by atoms with Crippen molar-refractivity contribution in [2.45, 2.75) is 51.7 Å². The fourth-order valence-corrected chi connectivity index (χ4v) is 3.87. The zero-order valence-electron chi connectivity index (χ0n) is 13.7. The second-order valence-electron chi connectivity index (χ2n) is 5.57. The van der Waals surface area contributed by atoms with Crippen LogP contribution in [0.2, 0.25) is 0 Å². The van der Waals surface area contributed by atoms with E-state index >= 15 is 0 Å². The van der Waals surface area contributed by atoms with Gasteiger partial charge in [0.25, 0.3) is 0 Å². The molecular formula is C14H26N2O4S. The molecule has 2 N–H and O–H groups in total. The van der Waals surface area contributed by atoms with E-state index in [0.29, 0.717) is 30.2 Å². The highest BCUT2D eigenvalue weighted by molar-refractivity contribution is 7.89. The zero-order chi connectivity index (χ0) is 16.3. The van der Waals surface area contributed by atoms with Gasteiger partial charge in [-0.25, -0.2) is 13.1 Å². The SMILES string of the molecule is CCOC(C)(C)CNS(=O)(=O)c1c(C)oc(C)c1CNC. The summed E-state index contributed by atoms with van der Waals surface area (Å²) >= 11 is 0. The maximum Gasteiger partial charge on any atom is 0.244 e. The van der Waals surface area contributed by atoms with Crippen molar-refractivity contribution in [1.82, 2.24) is 10.0 Å². The summed E-state index contributed by atoms with van der Waals surface area (Å²) in [6.45, 7) is 10.2. The Kier molecular flexibility index (Phi) is 5.98. The number of furan rings is 1. The van der Waals surface area contributed by atoms with Gasteiger partial charge in [-0.05, 0) is 41.7 Å². The molecule has 0 aliphatic heterocycles. The summed E-state index contributed by atoms with van der Waals surface area (Å²) in [5.41, 5.74) is 0.106. The van der Waals surface area contributed by atoms with E-state index in [9.17, 15) is 8.42 Å². The lowest BCUT2D eigenvalue weighted by Gasteiger charge is -2.24. The first-order chi connectivity index (χ1) is 9.64. The maximum absolute atomic E-state index is 12.6. The standard InChI is InChI=1S/C14H26N2O4S/c1-7-19-14(4,5)9-16-21(17,18)13-11(3)20-10(2)12(13)8-15-6/h15-16H,7-9H2,1-6H3. The molecule has 7 heteroatoms. The first-order valence-corrected chi connectivity index (χ1v) is 8.50. The molecule has 0 aromatic carbocycles. The molecule has 21 heavy (non-hydrogen) atoms. The minimum atomic E-state index is -3.64. The fourth-order valence-electron chi connectivity index (χ4n) is 2.23. The highest BCUT2D eigenvalue weighted by Gasteiger charge is 2.28. The number of sulfonamides is 1. The van der Waals surface area contributed by atoms with E-state index in [4.69, 9.17) is 9.15 Å². The van der Waals surface area contributed by atoms with Crippen molar-refractivity contribution in [3.63, 3.8) is 0 Å². The highest BCUT2D eigenvalue weighted by Crippen LogP contribution is 2.26. The van der Waals surface area contributed by atoms with E-state index in [2.05, 4.69) is 10.0 Å². The summed E-state index contributed by atoms with van der Waals surface area (Å²) < 4.78 is 38.7. The number of rotatable bonds is 8. The number of ether oxygens (including phenoxy) is 1. The van der Waals surface area contributed by atoms with Crippen molar-refractivity contribution in [2.24, 2.45) is 0 Å². The maximum atomic E-state index is 12.6. The van der Waals surface area contributed by atoms with E-state index in [-0.39, 0.29) is 11.4 Å². The summed E-state index contributed by atoms with van der Waals surface area (Å²) in [4.78, 5) is 0.224. The van der Waals surface area contributed by atoms with Crippen LogP contribution in [-0.2, 0) is 21.3 Å². The van der Waals surface area contributed by atoms with Gasteiger partial charge in [0, 0.05) is 25.3 Å². The lowest BCUT2D eigenvalue weighted by Crippen LogP contribution is -2.40. The average Bonchev–Trinajstić information content (AvgIpc) is 2.63. The van der Waals surface area contributed by atoms with Crippen LogP contribution >= 0.6 is 0 Å². The number of nitrogens with one attached hydrogen (secondary N) is 2. The molecule has 0 saturated carbocycles. The highest BCUT2D eigenvalue weighted by atomic mass is 32.2. The molecule has 0 aliphatic rings. The lowest BCUT2D eigenvalue weighted by atomic mass is 10.1. The number of aryl methyl sites for hydroxylation is 2. The third-order valence-corrected chi connectivity index (χ3v) is 4.77. The van der Waals surface area contributed by atoms with Gasteiger partial charge < -0.3 is 14.5 Å². The van der Waals surface area contributed by atoms with Crippen molar-refractivity contribution >= 4 is 10.0 Å². The molecule has 0 atom stereocenters. The van der Waals surface area contributed by atoms with Crippen LogP contribution in [0.3, 0.4) is 0 Å². The van der Waals surface area contributed by atoms with Crippen molar-refractivity contribution < 1.29 is 17.6 Å². The number of hydrogen-bond acceptors (Lipinski definition) is 5. The van der Waals surface area contributed by atoms with Gasteiger partial charge in [-0.15, -0.1) is 0 Å². The summed E-state index contributed by atoms with van der Waals surface area (Å²) in [6.07, 6.45) is 0. The molecule has 0 fully saturated rings. The van der Waals surface area contributed by atoms with Crippen LogP contribution in [0.1, 0.15) is 37.9 Å². The molecule has 0 bridgehead atoms. The second-order valence-corrected chi connectivity index (χ2v) is 7.27. The Hall–Kier alpha value is -0.890. The first-order valence-electron chi connectivity index (χ1n) is 7.01. The third kappa shape index (κ3) is 4.54. The molecule has 0 spiro atoms. The van der Waals surface area contributed by atoms with Crippen LogP contribution in [0, 0.1) is 13.8 Å². The Bertz CT molecular complexity index is 576. The molecule has 1 rings (SSSR count). The van der Waals surface area contributed by atoms with E-state index in [0.717, 1.165) is 0 Å². The van der Waals surface area contributed by atoms with Crippen molar-refractivity contribution in [3.05, 3.63) is 17.1 Å². The molecule has 0 aliphatic carbocycles. The van der Waals surface area contributed by atoms with Crippen LogP contribution in [0.25, 0.3) is 0 Å². The van der Waals surface area contributed by atoms with Gasteiger partial charge in [0.15, 0.2) is 0 Å². The molecule has 0 saturated heterocycles. The zero-order valence-corrected chi connectivity index (χ0v) is 14.5. The predicted molar refractivity (Wildman–Crippen MR) is 81.8 cm³/mol. The minimum Gasteiger partial charge on any atom is -0.465 e. The lowest BCUT2D eigenvalue weighted by molar-refractivity contribution is -0.00515. The molecule has 0 amide bonds. The summed E-state index contributed by atoms with van der Waals surface area (Å²) in [7, 11) is -1.87. The second kappa shape index (κ2) is 6.91. The van der Waals surface area contributed by atoms with Crippen LogP contribution in [-0.4, -0.2) is 34.2 Å². The predicted octanol–water partition coefficient (Wildman–Crippen LogP) is 1.71. The van der Waals surface area contributed by atoms with Crippen molar-refractivity contribution in [3.8, 4) is 0 Å². The molecule has 0 unspecified atom stereocenters. The normalized spacial score (nSPS) is 12.9. The molecule has 122 valence electrons. The number of hydrogen-bond donors (Lipinski definition) is 2. The Balaban J connectivity index is 3.03. The molecule has 6 nitrogen and oxygen atoms in total. The van der Waals surface area contributed by atoms with Gasteiger partial charge in [0.1, 0.15) is 16.4 Å². The quantitative estimate of drug-likeness (QED) is 0.763. The summed E-state index contributed by atoms with van der Waals surface area (Å²) in [5.74, 6) is 1.02. The Labute approximate surface area is 127 Å². The van der Waals surface area contributed by atoms with E-state index in [1.165, 1.54) is 0 Å². The molecule has 1 aromatic rings. The van der Waals surface area contributed by atoms with Gasteiger partial charge in [-0.3, -0.25) is 0 Å². The van der Waals surface area contributed by atoms with Gasteiger partial charge in [-0.1, -0.05) is 0 Å². The largest absolute Gasteiger partial charge is 0.465 e. The van der Waals surface area contributed by atoms with E-state index < -0.39 is 15.6 Å². The monoisotopic (exact) mass is 318 g/mol. The van der Waals surface area contributed by atoms with Gasteiger partial charge >= 0.3 is 0 Å². The molecule has 0 radical (unpaired) electrons. The Morgan fingerprint density at radius 1 is 1.24 bits per heavy atom. The van der Waals surface area contributed by atoms with E-state index in [1.54, 1.807) is 20.9 Å². The topological polar surface area (TPSA) is 80.6 Å². The minimum absolute atomic E-state index is 0.200. The van der Waals surface area contributed by atoms with Crippen LogP contribution in [0.5, 0.6) is 0 Å². The summed E-state index contributed by atoms with van der Waals surface area (Å²) in [6, 6.07) is 0. The fraction of sp³-hybridized carbons (Fsp3) is 0.714. The first kappa shape index (κ1) is 18.2. The third-order valence-electron chi connectivity index (χ3n) is 3.17.